The molecule has 0 fully saturated rings. The summed E-state index contributed by atoms with van der Waals surface area (Å²) < 4.78 is 1.97. The molecule has 80 valence electrons. The van der Waals surface area contributed by atoms with Gasteiger partial charge in [0.15, 0.2) is 0 Å². The highest BCUT2D eigenvalue weighted by Crippen LogP contribution is 2.15. The number of H-pyrrole nitrogens is 1. The van der Waals surface area contributed by atoms with Crippen LogP contribution in [0.2, 0.25) is 0 Å². The Hall–Kier alpha value is -1.78. The third-order valence-electron chi connectivity index (χ3n) is 2.49. The van der Waals surface area contributed by atoms with Gasteiger partial charge in [-0.1, -0.05) is 0 Å². The van der Waals surface area contributed by atoms with Crippen molar-refractivity contribution < 1.29 is 0 Å². The Morgan fingerprint density at radius 3 is 2.93 bits per heavy atom. The Labute approximate surface area is 87.1 Å². The first-order valence-corrected chi connectivity index (χ1v) is 4.95. The average Bonchev–Trinajstić information content (AvgIpc) is 2.55. The quantitative estimate of drug-likeness (QED) is 0.773. The SMILES string of the molecule is CCn1cc(C)c2c(=O)[nH]c(NC)nc21. The van der Waals surface area contributed by atoms with E-state index in [1.54, 1.807) is 7.05 Å². The molecule has 2 aromatic heterocycles. The number of hydrogen-bond acceptors (Lipinski definition) is 3. The Balaban J connectivity index is 2.87. The van der Waals surface area contributed by atoms with Gasteiger partial charge >= 0.3 is 0 Å². The van der Waals surface area contributed by atoms with Gasteiger partial charge in [-0.3, -0.25) is 9.78 Å². The van der Waals surface area contributed by atoms with Crippen molar-refractivity contribution in [2.24, 2.45) is 0 Å². The Morgan fingerprint density at radius 2 is 2.33 bits per heavy atom. The van der Waals surface area contributed by atoms with Crippen LogP contribution in [0.15, 0.2) is 11.0 Å². The standard InChI is InChI=1S/C10H14N4O/c1-4-14-5-6(2)7-8(14)12-10(11-3)13-9(7)15/h5H,4H2,1-3H3,(H2,11,12,13,15). The van der Waals surface area contributed by atoms with E-state index in [1.807, 2.05) is 24.6 Å². The Morgan fingerprint density at radius 1 is 1.60 bits per heavy atom. The molecule has 2 rings (SSSR count). The summed E-state index contributed by atoms with van der Waals surface area (Å²) in [5, 5.41) is 3.52. The van der Waals surface area contributed by atoms with Crippen LogP contribution in [0.25, 0.3) is 11.0 Å². The molecule has 2 N–H and O–H groups in total. The van der Waals surface area contributed by atoms with Gasteiger partial charge in [0.1, 0.15) is 5.65 Å². The maximum Gasteiger partial charge on any atom is 0.262 e. The molecule has 0 bridgehead atoms. The zero-order valence-electron chi connectivity index (χ0n) is 9.09. The van der Waals surface area contributed by atoms with E-state index >= 15 is 0 Å². The van der Waals surface area contributed by atoms with Gasteiger partial charge in [-0.25, -0.2) is 0 Å². The van der Waals surface area contributed by atoms with Crippen LogP contribution in [-0.2, 0) is 6.54 Å². The van der Waals surface area contributed by atoms with Crippen molar-refractivity contribution in [1.82, 2.24) is 14.5 Å². The first-order valence-electron chi connectivity index (χ1n) is 4.95. The van der Waals surface area contributed by atoms with E-state index in [4.69, 9.17) is 0 Å². The molecule has 0 amide bonds. The molecule has 2 heterocycles. The highest BCUT2D eigenvalue weighted by molar-refractivity contribution is 5.80. The third kappa shape index (κ3) is 1.40. The third-order valence-corrected chi connectivity index (χ3v) is 2.49. The highest BCUT2D eigenvalue weighted by atomic mass is 16.1. The van der Waals surface area contributed by atoms with Crippen LogP contribution < -0.4 is 10.9 Å². The summed E-state index contributed by atoms with van der Waals surface area (Å²) in [5.74, 6) is 0.500. The number of nitrogens with zero attached hydrogens (tertiary/aromatic N) is 2. The highest BCUT2D eigenvalue weighted by Gasteiger charge is 2.10. The Bertz CT molecular complexity index is 552. The summed E-state index contributed by atoms with van der Waals surface area (Å²) in [6.07, 6.45) is 1.95. The fraction of sp³-hybridized carbons (Fsp3) is 0.400. The lowest BCUT2D eigenvalue weighted by atomic mass is 10.3. The van der Waals surface area contributed by atoms with E-state index < -0.39 is 0 Å². The lowest BCUT2D eigenvalue weighted by molar-refractivity contribution is 0.784. The van der Waals surface area contributed by atoms with Crippen LogP contribution in [0.1, 0.15) is 12.5 Å². The number of rotatable bonds is 2. The maximum absolute atomic E-state index is 11.8. The number of nitrogens with one attached hydrogen (secondary N) is 2. The zero-order chi connectivity index (χ0) is 11.0. The number of aromatic amines is 1. The molecule has 0 aliphatic carbocycles. The van der Waals surface area contributed by atoms with Gasteiger partial charge in [-0.15, -0.1) is 0 Å². The predicted molar refractivity (Wildman–Crippen MR) is 60.3 cm³/mol. The van der Waals surface area contributed by atoms with Crippen molar-refractivity contribution in [2.45, 2.75) is 20.4 Å². The van der Waals surface area contributed by atoms with E-state index in [2.05, 4.69) is 15.3 Å². The topological polar surface area (TPSA) is 62.7 Å². The van der Waals surface area contributed by atoms with Crippen molar-refractivity contribution in [3.63, 3.8) is 0 Å². The number of aryl methyl sites for hydroxylation is 2. The second-order valence-corrected chi connectivity index (χ2v) is 3.46. The lowest BCUT2D eigenvalue weighted by Gasteiger charge is -2.01. The van der Waals surface area contributed by atoms with Crippen molar-refractivity contribution in [2.75, 3.05) is 12.4 Å². The maximum atomic E-state index is 11.8. The summed E-state index contributed by atoms with van der Waals surface area (Å²) >= 11 is 0. The summed E-state index contributed by atoms with van der Waals surface area (Å²) in [6.45, 7) is 4.76. The van der Waals surface area contributed by atoms with Crippen LogP contribution in [-0.4, -0.2) is 21.6 Å². The van der Waals surface area contributed by atoms with Gasteiger partial charge in [0.2, 0.25) is 5.95 Å². The lowest BCUT2D eigenvalue weighted by Crippen LogP contribution is -2.12. The molecule has 0 aromatic carbocycles. The van der Waals surface area contributed by atoms with Crippen LogP contribution >= 0.6 is 0 Å². The molecule has 15 heavy (non-hydrogen) atoms. The van der Waals surface area contributed by atoms with Gasteiger partial charge in [-0.2, -0.15) is 4.98 Å². The molecule has 0 unspecified atom stereocenters. The van der Waals surface area contributed by atoms with Crippen LogP contribution in [0.3, 0.4) is 0 Å². The van der Waals surface area contributed by atoms with E-state index in [-0.39, 0.29) is 5.56 Å². The molecule has 0 aliphatic heterocycles. The van der Waals surface area contributed by atoms with Crippen molar-refractivity contribution in [3.8, 4) is 0 Å². The molecule has 0 saturated carbocycles. The summed E-state index contributed by atoms with van der Waals surface area (Å²) in [5.41, 5.74) is 1.61. The molecule has 5 nitrogen and oxygen atoms in total. The van der Waals surface area contributed by atoms with Gasteiger partial charge in [-0.05, 0) is 19.4 Å². The first kappa shape index (κ1) is 9.76. The molecular weight excluding hydrogens is 192 g/mol. The predicted octanol–water partition coefficient (Wildman–Crippen LogP) is 1.09. The molecule has 0 spiro atoms. The van der Waals surface area contributed by atoms with Gasteiger partial charge in [0.25, 0.3) is 5.56 Å². The summed E-state index contributed by atoms with van der Waals surface area (Å²) in [4.78, 5) is 18.8. The second kappa shape index (κ2) is 3.42. The molecular formula is C10H14N4O. The Kier molecular flexibility index (Phi) is 2.22. The van der Waals surface area contributed by atoms with Crippen LogP contribution in [0, 0.1) is 6.92 Å². The van der Waals surface area contributed by atoms with E-state index in [0.717, 1.165) is 17.8 Å². The van der Waals surface area contributed by atoms with Crippen molar-refractivity contribution >= 4 is 17.0 Å². The largest absolute Gasteiger partial charge is 0.359 e. The summed E-state index contributed by atoms with van der Waals surface area (Å²) in [6, 6.07) is 0. The first-order chi connectivity index (χ1) is 7.17. The fourth-order valence-corrected chi connectivity index (χ4v) is 1.74. The number of hydrogen-bond donors (Lipinski definition) is 2. The average molecular weight is 206 g/mol. The number of anilines is 1. The van der Waals surface area contributed by atoms with Gasteiger partial charge in [0.05, 0.1) is 5.39 Å². The second-order valence-electron chi connectivity index (χ2n) is 3.46. The summed E-state index contributed by atoms with van der Waals surface area (Å²) in [7, 11) is 1.73. The van der Waals surface area contributed by atoms with E-state index in [1.165, 1.54) is 0 Å². The molecule has 0 aliphatic rings. The number of fused-ring (bicyclic) bond motifs is 1. The van der Waals surface area contributed by atoms with Gasteiger partial charge in [0, 0.05) is 19.8 Å². The van der Waals surface area contributed by atoms with Crippen LogP contribution in [0.5, 0.6) is 0 Å². The number of aromatic nitrogens is 3. The molecule has 2 aromatic rings. The smallest absolute Gasteiger partial charge is 0.262 e. The minimum atomic E-state index is -0.0888. The van der Waals surface area contributed by atoms with E-state index in [9.17, 15) is 4.79 Å². The normalized spacial score (nSPS) is 10.9. The minimum Gasteiger partial charge on any atom is -0.359 e. The van der Waals surface area contributed by atoms with Crippen molar-refractivity contribution in [3.05, 3.63) is 22.1 Å². The van der Waals surface area contributed by atoms with Gasteiger partial charge < -0.3 is 9.88 Å². The zero-order valence-corrected chi connectivity index (χ0v) is 9.09. The molecule has 5 heteroatoms. The molecule has 0 atom stereocenters. The fourth-order valence-electron chi connectivity index (χ4n) is 1.74. The van der Waals surface area contributed by atoms with Crippen LogP contribution in [0.4, 0.5) is 5.95 Å². The minimum absolute atomic E-state index is 0.0888. The molecule has 0 radical (unpaired) electrons. The van der Waals surface area contributed by atoms with E-state index in [0.29, 0.717) is 11.3 Å². The molecule has 0 saturated heterocycles. The monoisotopic (exact) mass is 206 g/mol. The van der Waals surface area contributed by atoms with Crippen molar-refractivity contribution in [1.29, 1.82) is 0 Å².